The predicted octanol–water partition coefficient (Wildman–Crippen LogP) is 0.672. The van der Waals surface area contributed by atoms with Gasteiger partial charge in [0.15, 0.2) is 0 Å². The molecule has 0 N–H and O–H groups in total. The smallest absolute Gasteiger partial charge is 0.320 e. The van der Waals surface area contributed by atoms with Crippen LogP contribution in [0.1, 0.15) is 17.5 Å². The maximum absolute atomic E-state index is 12.6. The summed E-state index contributed by atoms with van der Waals surface area (Å²) < 4.78 is 15.5. The van der Waals surface area contributed by atoms with Gasteiger partial charge >= 0.3 is 17.9 Å². The van der Waals surface area contributed by atoms with Gasteiger partial charge in [-0.05, 0) is 11.1 Å². The van der Waals surface area contributed by atoms with Gasteiger partial charge in [-0.25, -0.2) is 0 Å². The van der Waals surface area contributed by atoms with Crippen molar-refractivity contribution in [3.8, 4) is 0 Å². The zero-order chi connectivity index (χ0) is 15.7. The van der Waals surface area contributed by atoms with E-state index in [4.69, 9.17) is 14.2 Å². The van der Waals surface area contributed by atoms with Crippen LogP contribution in [0.4, 0.5) is 0 Å². The number of hydrogen-bond acceptors (Lipinski definition) is 6. The van der Waals surface area contributed by atoms with Crippen LogP contribution in [0, 0.1) is 11.8 Å². The fourth-order valence-corrected chi connectivity index (χ4v) is 4.64. The van der Waals surface area contributed by atoms with Crippen molar-refractivity contribution in [2.45, 2.75) is 17.4 Å². The number of rotatable bonds is 2. The maximum Gasteiger partial charge on any atom is 0.320 e. The van der Waals surface area contributed by atoms with Crippen LogP contribution in [0.2, 0.25) is 0 Å². The molecule has 0 spiro atoms. The van der Waals surface area contributed by atoms with Crippen LogP contribution in [0.25, 0.3) is 0 Å². The van der Waals surface area contributed by atoms with E-state index in [1.807, 2.05) is 12.1 Å². The molecule has 1 aromatic carbocycles. The number of carbonyl (C=O) groups excluding carboxylic acids is 3. The number of cyclic esters (lactones) is 2. The van der Waals surface area contributed by atoms with Crippen LogP contribution in [-0.4, -0.2) is 32.1 Å². The Kier molecular flexibility index (Phi) is 2.42. The second-order valence-electron chi connectivity index (χ2n) is 5.97. The number of methoxy groups -OCH3 is 2. The highest BCUT2D eigenvalue weighted by atomic mass is 16.6. The topological polar surface area (TPSA) is 78.9 Å². The van der Waals surface area contributed by atoms with Crippen molar-refractivity contribution in [1.29, 1.82) is 0 Å². The minimum absolute atomic E-state index is 0.221. The van der Waals surface area contributed by atoms with Gasteiger partial charge in [-0.2, -0.15) is 0 Å². The highest BCUT2D eigenvalue weighted by molar-refractivity contribution is 6.05. The number of fused-ring (bicyclic) bond motifs is 8. The summed E-state index contributed by atoms with van der Waals surface area (Å²) in [6.07, 6.45) is 0.221. The van der Waals surface area contributed by atoms with E-state index in [0.717, 1.165) is 5.56 Å². The molecule has 2 fully saturated rings. The van der Waals surface area contributed by atoms with E-state index in [9.17, 15) is 14.4 Å². The largest absolute Gasteiger partial charge is 0.468 e. The molecule has 0 unspecified atom stereocenters. The summed E-state index contributed by atoms with van der Waals surface area (Å²) >= 11 is 0. The Bertz CT molecular complexity index is 725. The summed E-state index contributed by atoms with van der Waals surface area (Å²) in [7, 11) is 2.77. The summed E-state index contributed by atoms with van der Waals surface area (Å²) in [5, 5.41) is 0. The first-order chi connectivity index (χ1) is 10.5. The van der Waals surface area contributed by atoms with Crippen molar-refractivity contribution < 1.29 is 28.6 Å². The first-order valence-electron chi connectivity index (χ1n) is 7.02. The monoisotopic (exact) mass is 302 g/mol. The van der Waals surface area contributed by atoms with Crippen molar-refractivity contribution in [2.75, 3.05) is 14.2 Å². The average molecular weight is 302 g/mol. The second kappa shape index (κ2) is 3.95. The molecule has 4 atom stereocenters. The van der Waals surface area contributed by atoms with E-state index in [-0.39, 0.29) is 6.42 Å². The third kappa shape index (κ3) is 1.16. The molecular formula is C16H14O6. The third-order valence-electron chi connectivity index (χ3n) is 5.39. The molecule has 1 heterocycles. The van der Waals surface area contributed by atoms with Gasteiger partial charge in [0.25, 0.3) is 0 Å². The lowest BCUT2D eigenvalue weighted by Gasteiger charge is -2.34. The van der Waals surface area contributed by atoms with Crippen LogP contribution in [0.15, 0.2) is 24.3 Å². The van der Waals surface area contributed by atoms with Gasteiger partial charge in [0.05, 0.1) is 13.0 Å². The molecule has 114 valence electrons. The summed E-state index contributed by atoms with van der Waals surface area (Å²) in [5.74, 6) is -3.52. The molecule has 6 heteroatoms. The van der Waals surface area contributed by atoms with Gasteiger partial charge in [0.1, 0.15) is 16.9 Å². The van der Waals surface area contributed by atoms with E-state index < -0.39 is 40.8 Å². The number of esters is 3. The maximum atomic E-state index is 12.6. The van der Waals surface area contributed by atoms with Crippen LogP contribution in [0.3, 0.4) is 0 Å². The molecule has 22 heavy (non-hydrogen) atoms. The highest BCUT2D eigenvalue weighted by Crippen LogP contribution is 2.68. The molecule has 0 radical (unpaired) electrons. The standard InChI is InChI=1S/C16H14O6/c1-20-14(19)15-7-16(21-2,9-6-4-3-5-8(9)15)11-10(15)12(17)22-13(11)18/h3-6,10-11H,7H2,1-2H3/t10-,11+,15+,16-/m1/s1. The molecule has 1 saturated carbocycles. The number of benzene rings is 1. The first kappa shape index (κ1) is 13.5. The lowest BCUT2D eigenvalue weighted by Crippen LogP contribution is -2.46. The lowest BCUT2D eigenvalue weighted by atomic mass is 9.67. The molecule has 0 amide bonds. The fraction of sp³-hybridized carbons (Fsp3) is 0.438. The summed E-state index contributed by atoms with van der Waals surface area (Å²) in [5.41, 5.74) is -0.777. The van der Waals surface area contributed by atoms with Gasteiger partial charge in [0, 0.05) is 13.5 Å². The Labute approximate surface area is 126 Å². The van der Waals surface area contributed by atoms with E-state index >= 15 is 0 Å². The fourth-order valence-electron chi connectivity index (χ4n) is 4.64. The number of ether oxygens (including phenoxy) is 3. The molecule has 3 aliphatic rings. The van der Waals surface area contributed by atoms with E-state index in [2.05, 4.69) is 0 Å². The Morgan fingerprint density at radius 2 is 1.77 bits per heavy atom. The van der Waals surface area contributed by atoms with Gasteiger partial charge in [0.2, 0.25) is 0 Å². The normalized spacial score (nSPS) is 37.7. The zero-order valence-electron chi connectivity index (χ0n) is 12.1. The van der Waals surface area contributed by atoms with Crippen molar-refractivity contribution in [3.05, 3.63) is 35.4 Å². The molecule has 1 aliphatic heterocycles. The quantitative estimate of drug-likeness (QED) is 0.590. The Hall–Kier alpha value is -2.21. The van der Waals surface area contributed by atoms with Gasteiger partial charge in [-0.3, -0.25) is 14.4 Å². The first-order valence-corrected chi connectivity index (χ1v) is 7.02. The molecule has 4 rings (SSSR count). The predicted molar refractivity (Wildman–Crippen MR) is 71.5 cm³/mol. The average Bonchev–Trinajstić information content (AvgIpc) is 3.13. The van der Waals surface area contributed by atoms with Crippen molar-refractivity contribution in [2.24, 2.45) is 11.8 Å². The summed E-state index contributed by atoms with van der Waals surface area (Å²) in [6.45, 7) is 0. The molecule has 2 aliphatic carbocycles. The summed E-state index contributed by atoms with van der Waals surface area (Å²) in [4.78, 5) is 37.1. The molecule has 1 saturated heterocycles. The van der Waals surface area contributed by atoms with Crippen molar-refractivity contribution in [3.63, 3.8) is 0 Å². The van der Waals surface area contributed by atoms with Gasteiger partial charge in [-0.1, -0.05) is 24.3 Å². The van der Waals surface area contributed by atoms with Crippen LogP contribution < -0.4 is 0 Å². The number of hydrogen-bond donors (Lipinski definition) is 0. The SMILES string of the molecule is COC(=O)[C@@]12C[C@@](OC)(c3ccccc31)[C@@H]1C(=O)OC(=O)[C@@H]12. The van der Waals surface area contributed by atoms with Crippen LogP contribution >= 0.6 is 0 Å². The van der Waals surface area contributed by atoms with E-state index in [1.54, 1.807) is 12.1 Å². The van der Waals surface area contributed by atoms with Crippen molar-refractivity contribution >= 4 is 17.9 Å². The highest BCUT2D eigenvalue weighted by Gasteiger charge is 2.79. The Balaban J connectivity index is 2.07. The van der Waals surface area contributed by atoms with Gasteiger partial charge < -0.3 is 14.2 Å². The minimum Gasteiger partial charge on any atom is -0.468 e. The Morgan fingerprint density at radius 3 is 2.41 bits per heavy atom. The van der Waals surface area contributed by atoms with E-state index in [1.165, 1.54) is 14.2 Å². The molecule has 2 bridgehead atoms. The molecular weight excluding hydrogens is 288 g/mol. The molecule has 0 aromatic heterocycles. The van der Waals surface area contributed by atoms with E-state index in [0.29, 0.717) is 5.56 Å². The molecule has 1 aromatic rings. The Morgan fingerprint density at radius 1 is 1.14 bits per heavy atom. The zero-order valence-corrected chi connectivity index (χ0v) is 12.1. The van der Waals surface area contributed by atoms with Crippen LogP contribution in [0.5, 0.6) is 0 Å². The van der Waals surface area contributed by atoms with Gasteiger partial charge in [-0.15, -0.1) is 0 Å². The number of carbonyl (C=O) groups is 3. The lowest BCUT2D eigenvalue weighted by molar-refractivity contribution is -0.161. The second-order valence-corrected chi connectivity index (χ2v) is 5.97. The minimum atomic E-state index is -1.21. The molecule has 6 nitrogen and oxygen atoms in total. The third-order valence-corrected chi connectivity index (χ3v) is 5.39. The summed E-state index contributed by atoms with van der Waals surface area (Å²) in [6, 6.07) is 7.24. The van der Waals surface area contributed by atoms with Crippen molar-refractivity contribution in [1.82, 2.24) is 0 Å². The van der Waals surface area contributed by atoms with Crippen LogP contribution in [-0.2, 0) is 39.6 Å².